The molecule has 2 aromatic rings. The van der Waals surface area contributed by atoms with Crippen LogP contribution in [0.3, 0.4) is 0 Å². The number of aryl methyl sites for hydroxylation is 2. The normalized spacial score (nSPS) is 15.4. The summed E-state index contributed by atoms with van der Waals surface area (Å²) in [5.74, 6) is 0.846. The summed E-state index contributed by atoms with van der Waals surface area (Å²) in [4.78, 5) is 10.1. The maximum atomic E-state index is 4.47. The van der Waals surface area contributed by atoms with E-state index in [-0.39, 0.29) is 29.4 Å². The Morgan fingerprint density at radius 3 is 2.56 bits per heavy atom. The van der Waals surface area contributed by atoms with Gasteiger partial charge >= 0.3 is 0 Å². The quantitative estimate of drug-likeness (QED) is 0.336. The summed E-state index contributed by atoms with van der Waals surface area (Å²) >= 11 is 5.43. The summed E-state index contributed by atoms with van der Waals surface area (Å²) in [6.45, 7) is 5.76. The van der Waals surface area contributed by atoms with Gasteiger partial charge in [-0.2, -0.15) is 0 Å². The average molecular weight is 535 g/mol. The van der Waals surface area contributed by atoms with E-state index >= 15 is 0 Å². The van der Waals surface area contributed by atoms with Gasteiger partial charge in [0.05, 0.1) is 17.2 Å². The number of nitrogens with zero attached hydrogens (tertiary/aromatic N) is 2. The summed E-state index contributed by atoms with van der Waals surface area (Å²) in [5.41, 5.74) is 2.73. The van der Waals surface area contributed by atoms with Crippen molar-refractivity contribution in [3.8, 4) is 0 Å². The second kappa shape index (κ2) is 8.81. The molecule has 0 atom stereocenters. The van der Waals surface area contributed by atoms with Gasteiger partial charge in [0.1, 0.15) is 0 Å². The highest BCUT2D eigenvalue weighted by Crippen LogP contribution is 2.49. The minimum atomic E-state index is 0. The molecule has 0 saturated heterocycles. The van der Waals surface area contributed by atoms with E-state index in [0.29, 0.717) is 0 Å². The summed E-state index contributed by atoms with van der Waals surface area (Å²) < 4.78 is 1.20. The van der Waals surface area contributed by atoms with Crippen molar-refractivity contribution in [2.75, 3.05) is 13.6 Å². The molecule has 1 aliphatic rings. The molecular formula is C18H24BrIN4S. The average Bonchev–Trinajstić information content (AvgIpc) is 3.27. The molecule has 0 radical (unpaired) electrons. The van der Waals surface area contributed by atoms with Gasteiger partial charge in [0, 0.05) is 28.4 Å². The smallest absolute Gasteiger partial charge is 0.191 e. The van der Waals surface area contributed by atoms with Gasteiger partial charge < -0.3 is 10.6 Å². The lowest BCUT2D eigenvalue weighted by Gasteiger charge is -2.20. The highest BCUT2D eigenvalue weighted by atomic mass is 127. The standard InChI is InChI=1S/C18H23BrN4S.HI/c1-12-16(24-13(2)23-12)10-21-17(20-3)22-11-18(8-9-18)14-6-4-5-7-15(14)19;/h4-7H,8-11H2,1-3H3,(H2,20,21,22);1H. The van der Waals surface area contributed by atoms with Crippen LogP contribution in [-0.2, 0) is 12.0 Å². The van der Waals surface area contributed by atoms with Gasteiger partial charge in [-0.3, -0.25) is 4.99 Å². The monoisotopic (exact) mass is 534 g/mol. The van der Waals surface area contributed by atoms with E-state index in [0.717, 1.165) is 29.8 Å². The SMILES string of the molecule is CN=C(NCc1sc(C)nc1C)NCC1(c2ccccc2Br)CC1.I. The lowest BCUT2D eigenvalue weighted by atomic mass is 9.96. The van der Waals surface area contributed by atoms with Crippen molar-refractivity contribution in [1.82, 2.24) is 15.6 Å². The number of aliphatic imine (C=N–C) groups is 1. The van der Waals surface area contributed by atoms with E-state index in [1.54, 1.807) is 11.3 Å². The lowest BCUT2D eigenvalue weighted by Crippen LogP contribution is -2.41. The molecule has 1 heterocycles. The molecule has 0 bridgehead atoms. The number of benzene rings is 1. The predicted octanol–water partition coefficient (Wildman–Crippen LogP) is 4.54. The molecule has 7 heteroatoms. The van der Waals surface area contributed by atoms with Crippen molar-refractivity contribution in [1.29, 1.82) is 0 Å². The molecule has 1 aromatic carbocycles. The first-order valence-corrected chi connectivity index (χ1v) is 9.77. The molecule has 0 spiro atoms. The zero-order valence-electron chi connectivity index (χ0n) is 14.7. The minimum absolute atomic E-state index is 0. The third kappa shape index (κ3) is 4.95. The summed E-state index contributed by atoms with van der Waals surface area (Å²) in [7, 11) is 1.82. The third-order valence-electron chi connectivity index (χ3n) is 4.53. The Kier molecular flexibility index (Phi) is 7.28. The first-order chi connectivity index (χ1) is 11.5. The van der Waals surface area contributed by atoms with Crippen LogP contribution in [0.1, 0.15) is 34.0 Å². The number of hydrogen-bond acceptors (Lipinski definition) is 3. The summed E-state index contributed by atoms with van der Waals surface area (Å²) in [6.07, 6.45) is 2.43. The third-order valence-corrected chi connectivity index (χ3v) is 6.30. The van der Waals surface area contributed by atoms with Gasteiger partial charge in [-0.25, -0.2) is 4.98 Å². The topological polar surface area (TPSA) is 49.3 Å². The van der Waals surface area contributed by atoms with Crippen molar-refractivity contribution < 1.29 is 0 Å². The van der Waals surface area contributed by atoms with E-state index in [4.69, 9.17) is 0 Å². The molecule has 0 amide bonds. The van der Waals surface area contributed by atoms with Crippen LogP contribution in [0.15, 0.2) is 33.7 Å². The molecule has 1 aliphatic carbocycles. The Morgan fingerprint density at radius 1 is 1.28 bits per heavy atom. The first kappa shape index (κ1) is 20.6. The molecule has 25 heavy (non-hydrogen) atoms. The van der Waals surface area contributed by atoms with Crippen LogP contribution >= 0.6 is 51.2 Å². The van der Waals surface area contributed by atoms with Crippen molar-refractivity contribution in [2.45, 2.75) is 38.6 Å². The fourth-order valence-corrected chi connectivity index (χ4v) is 4.54. The van der Waals surface area contributed by atoms with Gasteiger partial charge in [0.15, 0.2) is 5.96 Å². The van der Waals surface area contributed by atoms with Gasteiger partial charge in [-0.1, -0.05) is 34.1 Å². The van der Waals surface area contributed by atoms with Gasteiger partial charge in [-0.05, 0) is 38.3 Å². The predicted molar refractivity (Wildman–Crippen MR) is 120 cm³/mol. The molecule has 4 nitrogen and oxygen atoms in total. The molecule has 1 aromatic heterocycles. The van der Waals surface area contributed by atoms with Crippen LogP contribution in [0.4, 0.5) is 0 Å². The molecule has 1 saturated carbocycles. The zero-order chi connectivity index (χ0) is 17.2. The number of guanidine groups is 1. The van der Waals surface area contributed by atoms with Crippen molar-refractivity contribution >= 4 is 57.2 Å². The van der Waals surface area contributed by atoms with Crippen LogP contribution in [-0.4, -0.2) is 24.5 Å². The van der Waals surface area contributed by atoms with E-state index < -0.39 is 0 Å². The van der Waals surface area contributed by atoms with Crippen molar-refractivity contribution in [2.24, 2.45) is 4.99 Å². The number of aromatic nitrogens is 1. The second-order valence-corrected chi connectivity index (χ2v) is 8.42. The van der Waals surface area contributed by atoms with E-state index in [9.17, 15) is 0 Å². The largest absolute Gasteiger partial charge is 0.356 e. The molecule has 2 N–H and O–H groups in total. The summed E-state index contributed by atoms with van der Waals surface area (Å²) in [5, 5.41) is 8.01. The fraction of sp³-hybridized carbons (Fsp3) is 0.444. The molecule has 0 unspecified atom stereocenters. The fourth-order valence-electron chi connectivity index (χ4n) is 2.96. The Balaban J connectivity index is 0.00000225. The number of halogens is 2. The number of rotatable bonds is 5. The van der Waals surface area contributed by atoms with Crippen LogP contribution in [0.5, 0.6) is 0 Å². The Hall–Kier alpha value is -0.670. The van der Waals surface area contributed by atoms with Gasteiger partial charge in [0.25, 0.3) is 0 Å². The molecular weight excluding hydrogens is 511 g/mol. The first-order valence-electron chi connectivity index (χ1n) is 8.16. The van der Waals surface area contributed by atoms with Gasteiger partial charge in [-0.15, -0.1) is 35.3 Å². The number of nitrogens with one attached hydrogen (secondary N) is 2. The highest BCUT2D eigenvalue weighted by molar-refractivity contribution is 14.0. The van der Waals surface area contributed by atoms with E-state index in [1.807, 2.05) is 14.0 Å². The Bertz CT molecular complexity index is 755. The second-order valence-electron chi connectivity index (χ2n) is 6.28. The van der Waals surface area contributed by atoms with Crippen LogP contribution in [0, 0.1) is 13.8 Å². The number of hydrogen-bond donors (Lipinski definition) is 2. The molecule has 0 aliphatic heterocycles. The maximum Gasteiger partial charge on any atom is 0.191 e. The highest BCUT2D eigenvalue weighted by Gasteiger charge is 2.45. The molecule has 3 rings (SSSR count). The number of thiazole rings is 1. The van der Waals surface area contributed by atoms with E-state index in [1.165, 1.54) is 27.8 Å². The zero-order valence-corrected chi connectivity index (χ0v) is 19.5. The molecule has 1 fully saturated rings. The maximum absolute atomic E-state index is 4.47. The van der Waals surface area contributed by atoms with Crippen LogP contribution in [0.25, 0.3) is 0 Å². The van der Waals surface area contributed by atoms with Crippen molar-refractivity contribution in [3.05, 3.63) is 49.9 Å². The van der Waals surface area contributed by atoms with Crippen LogP contribution in [0.2, 0.25) is 0 Å². The Morgan fingerprint density at radius 2 is 2.00 bits per heavy atom. The van der Waals surface area contributed by atoms with Gasteiger partial charge in [0.2, 0.25) is 0 Å². The van der Waals surface area contributed by atoms with Crippen LogP contribution < -0.4 is 10.6 Å². The molecule has 136 valence electrons. The van der Waals surface area contributed by atoms with Crippen molar-refractivity contribution in [3.63, 3.8) is 0 Å². The van der Waals surface area contributed by atoms with E-state index in [2.05, 4.69) is 67.7 Å². The Labute approximate surface area is 179 Å². The summed E-state index contributed by atoms with van der Waals surface area (Å²) in [6, 6.07) is 8.52. The minimum Gasteiger partial charge on any atom is -0.356 e. The lowest BCUT2D eigenvalue weighted by molar-refractivity contribution is 0.643.